The van der Waals surface area contributed by atoms with Gasteiger partial charge in [0.1, 0.15) is 6.10 Å². The maximum absolute atomic E-state index is 13.6. The summed E-state index contributed by atoms with van der Waals surface area (Å²) in [5.74, 6) is 0.238. The Balaban J connectivity index is 1.25. The van der Waals surface area contributed by atoms with Crippen molar-refractivity contribution >= 4 is 12.0 Å². The molecule has 1 aromatic carbocycles. The number of methoxy groups -OCH3 is 1. The number of rotatable bonds is 11. The number of carbonyl (C=O) groups excluding carboxylic acids is 2. The van der Waals surface area contributed by atoms with E-state index in [1.54, 1.807) is 12.0 Å². The Kier molecular flexibility index (Phi) is 9.66. The molecular formula is C31H46N2O7. The summed E-state index contributed by atoms with van der Waals surface area (Å²) >= 11 is 0. The number of aliphatic hydroxyl groups is 1. The average molecular weight is 559 g/mol. The lowest BCUT2D eigenvalue weighted by Crippen LogP contribution is -2.51. The summed E-state index contributed by atoms with van der Waals surface area (Å²) in [5, 5.41) is 11.6. The molecule has 2 bridgehead atoms. The van der Waals surface area contributed by atoms with Crippen molar-refractivity contribution in [3.8, 4) is 0 Å². The Labute approximate surface area is 238 Å². The predicted molar refractivity (Wildman–Crippen MR) is 148 cm³/mol. The number of ether oxygens (including phenoxy) is 4. The van der Waals surface area contributed by atoms with Crippen LogP contribution in [0, 0.1) is 29.6 Å². The van der Waals surface area contributed by atoms with Crippen molar-refractivity contribution in [2.24, 2.45) is 29.6 Å². The molecule has 0 spiro atoms. The number of fused-ring (bicyclic) bond motifs is 1. The van der Waals surface area contributed by atoms with Crippen molar-refractivity contribution in [1.29, 1.82) is 0 Å². The van der Waals surface area contributed by atoms with Crippen molar-refractivity contribution in [1.82, 2.24) is 9.80 Å². The van der Waals surface area contributed by atoms with Gasteiger partial charge in [0.15, 0.2) is 6.29 Å². The van der Waals surface area contributed by atoms with Gasteiger partial charge >= 0.3 is 12.0 Å². The largest absolute Gasteiger partial charge is 0.462 e. The van der Waals surface area contributed by atoms with Crippen LogP contribution in [0.25, 0.3) is 0 Å². The SMILES string of the molecule is COC1CCN(C(=O)N(CC(C)C)C[C@@H](O)[C@@H](CC(=O)OC2C3COC4OCC2C4C3)Cc2ccccc2)CC1. The first-order chi connectivity index (χ1) is 19.3. The molecule has 9 nitrogen and oxygen atoms in total. The second-order valence-electron chi connectivity index (χ2n) is 12.5. The number of aliphatic hydroxyl groups excluding tert-OH is 1. The molecule has 5 rings (SSSR count). The van der Waals surface area contributed by atoms with Gasteiger partial charge in [-0.2, -0.15) is 0 Å². The number of hydrogen-bond acceptors (Lipinski definition) is 7. The number of benzene rings is 1. The van der Waals surface area contributed by atoms with E-state index in [4.69, 9.17) is 18.9 Å². The van der Waals surface area contributed by atoms with E-state index in [1.807, 2.05) is 35.2 Å². The monoisotopic (exact) mass is 558 g/mol. The molecule has 4 aliphatic rings. The first-order valence-corrected chi connectivity index (χ1v) is 15.0. The van der Waals surface area contributed by atoms with E-state index >= 15 is 0 Å². The zero-order valence-electron chi connectivity index (χ0n) is 24.2. The number of nitrogens with zero attached hydrogens (tertiary/aromatic N) is 2. The molecular weight excluding hydrogens is 512 g/mol. The molecule has 5 unspecified atom stereocenters. The van der Waals surface area contributed by atoms with Crippen LogP contribution in [0.15, 0.2) is 30.3 Å². The summed E-state index contributed by atoms with van der Waals surface area (Å²) in [4.78, 5) is 30.5. The number of esters is 1. The predicted octanol–water partition coefficient (Wildman–Crippen LogP) is 3.34. The van der Waals surface area contributed by atoms with Gasteiger partial charge in [-0.25, -0.2) is 4.79 Å². The molecule has 2 amide bonds. The molecule has 9 heteroatoms. The normalized spacial score (nSPS) is 29.4. The first kappa shape index (κ1) is 29.3. The topological polar surface area (TPSA) is 97.8 Å². The summed E-state index contributed by atoms with van der Waals surface area (Å²) in [6, 6.07) is 9.84. The van der Waals surface area contributed by atoms with Crippen LogP contribution in [0.5, 0.6) is 0 Å². The summed E-state index contributed by atoms with van der Waals surface area (Å²) in [5.41, 5.74) is 1.04. The molecule has 7 atom stereocenters. The highest BCUT2D eigenvalue weighted by Gasteiger charge is 2.56. The summed E-state index contributed by atoms with van der Waals surface area (Å²) in [6.07, 6.45) is 2.14. The number of piperidine rings is 1. The fourth-order valence-electron chi connectivity index (χ4n) is 7.05. The van der Waals surface area contributed by atoms with Crippen molar-refractivity contribution in [3.63, 3.8) is 0 Å². The zero-order chi connectivity index (χ0) is 28.2. The molecule has 3 aliphatic heterocycles. The quantitative estimate of drug-likeness (QED) is 0.416. The van der Waals surface area contributed by atoms with Crippen molar-refractivity contribution in [3.05, 3.63) is 35.9 Å². The Morgan fingerprint density at radius 1 is 1.07 bits per heavy atom. The lowest BCUT2D eigenvalue weighted by atomic mass is 9.90. The molecule has 1 aromatic rings. The second kappa shape index (κ2) is 13.2. The van der Waals surface area contributed by atoms with Gasteiger partial charge < -0.3 is 33.9 Å². The van der Waals surface area contributed by atoms with Gasteiger partial charge in [-0.05, 0) is 37.2 Å². The van der Waals surface area contributed by atoms with Crippen LogP contribution >= 0.6 is 0 Å². The lowest BCUT2D eigenvalue weighted by molar-refractivity contribution is -0.178. The Morgan fingerprint density at radius 2 is 1.80 bits per heavy atom. The minimum Gasteiger partial charge on any atom is -0.462 e. The molecule has 1 saturated carbocycles. The molecule has 222 valence electrons. The van der Waals surface area contributed by atoms with E-state index in [0.29, 0.717) is 45.2 Å². The number of hydrogen-bond donors (Lipinski definition) is 1. The molecule has 1 aliphatic carbocycles. The maximum Gasteiger partial charge on any atom is 0.320 e. The molecule has 0 radical (unpaired) electrons. The molecule has 4 fully saturated rings. The third-order valence-electron chi connectivity index (χ3n) is 9.18. The highest BCUT2D eigenvalue weighted by Crippen LogP contribution is 2.49. The van der Waals surface area contributed by atoms with Gasteiger partial charge in [-0.15, -0.1) is 0 Å². The van der Waals surface area contributed by atoms with Crippen molar-refractivity contribution in [2.75, 3.05) is 46.5 Å². The van der Waals surface area contributed by atoms with E-state index in [9.17, 15) is 14.7 Å². The van der Waals surface area contributed by atoms with Crippen molar-refractivity contribution in [2.45, 2.75) is 70.6 Å². The summed E-state index contributed by atoms with van der Waals surface area (Å²) in [6.45, 7) is 7.25. The maximum atomic E-state index is 13.6. The van der Waals surface area contributed by atoms with Crippen molar-refractivity contribution < 1.29 is 33.6 Å². The molecule has 0 aromatic heterocycles. The van der Waals surface area contributed by atoms with Crippen LogP contribution in [-0.4, -0.2) is 98.0 Å². The van der Waals surface area contributed by atoms with Gasteiger partial charge in [0.25, 0.3) is 0 Å². The lowest BCUT2D eigenvalue weighted by Gasteiger charge is -2.37. The Bertz CT molecular complexity index is 983. The Hall–Kier alpha value is -2.20. The minimum absolute atomic E-state index is 0.0580. The van der Waals surface area contributed by atoms with Crippen LogP contribution in [0.3, 0.4) is 0 Å². The first-order valence-electron chi connectivity index (χ1n) is 15.0. The highest BCUT2D eigenvalue weighted by atomic mass is 16.7. The van der Waals surface area contributed by atoms with E-state index in [1.165, 1.54) is 0 Å². The number of likely N-dealkylation sites (tertiary alicyclic amines) is 1. The highest BCUT2D eigenvalue weighted by molar-refractivity contribution is 5.74. The smallest absolute Gasteiger partial charge is 0.320 e. The van der Waals surface area contributed by atoms with Crippen LogP contribution in [0.1, 0.15) is 45.1 Å². The van der Waals surface area contributed by atoms with Crippen LogP contribution in [0.2, 0.25) is 0 Å². The van der Waals surface area contributed by atoms with Crippen LogP contribution in [0.4, 0.5) is 4.79 Å². The third-order valence-corrected chi connectivity index (χ3v) is 9.18. The van der Waals surface area contributed by atoms with Gasteiger partial charge in [0, 0.05) is 57.0 Å². The van der Waals surface area contributed by atoms with Gasteiger partial charge in [0.05, 0.1) is 31.8 Å². The minimum atomic E-state index is -0.877. The third kappa shape index (κ3) is 6.81. The summed E-state index contributed by atoms with van der Waals surface area (Å²) in [7, 11) is 1.71. The molecule has 1 N–H and O–H groups in total. The van der Waals surface area contributed by atoms with Gasteiger partial charge in [0.2, 0.25) is 0 Å². The summed E-state index contributed by atoms with van der Waals surface area (Å²) < 4.78 is 23.2. The molecule has 3 heterocycles. The van der Waals surface area contributed by atoms with E-state index in [-0.39, 0.29) is 67.1 Å². The Morgan fingerprint density at radius 3 is 2.50 bits per heavy atom. The fraction of sp³-hybridized carbons (Fsp3) is 0.742. The van der Waals surface area contributed by atoms with Gasteiger partial charge in [-0.1, -0.05) is 44.2 Å². The van der Waals surface area contributed by atoms with E-state index < -0.39 is 6.10 Å². The van der Waals surface area contributed by atoms with Crippen LogP contribution < -0.4 is 0 Å². The number of carbonyl (C=O) groups is 2. The van der Waals surface area contributed by atoms with E-state index in [2.05, 4.69) is 13.8 Å². The fourth-order valence-corrected chi connectivity index (χ4v) is 7.05. The number of urea groups is 1. The van der Waals surface area contributed by atoms with Gasteiger partial charge in [-0.3, -0.25) is 4.79 Å². The number of amides is 2. The molecule has 40 heavy (non-hydrogen) atoms. The second-order valence-corrected chi connectivity index (χ2v) is 12.5. The molecule has 3 saturated heterocycles. The standard InChI is InChI=1S/C31H46N2O7/c1-20(2)16-33(31(36)32-11-9-24(37-3)10-12-32)17-27(34)22(13-21-7-5-4-6-8-21)15-28(35)40-29-23-14-25-26(29)19-39-30(25)38-18-23/h4-8,20,22-27,29-30,34H,9-19H2,1-3H3/t22-,23?,25?,26?,27-,29?,30?/m1/s1. The zero-order valence-corrected chi connectivity index (χ0v) is 24.2. The van der Waals surface area contributed by atoms with Crippen LogP contribution in [-0.2, 0) is 30.2 Å². The average Bonchev–Trinajstić information content (AvgIpc) is 3.49. The van der Waals surface area contributed by atoms with E-state index in [0.717, 1.165) is 24.8 Å².